The fourth-order valence-electron chi connectivity index (χ4n) is 2.01. The lowest BCUT2D eigenvalue weighted by Gasteiger charge is -2.19. The van der Waals surface area contributed by atoms with Gasteiger partial charge < -0.3 is 4.74 Å². The molecular weight excluding hydrogens is 359 g/mol. The van der Waals surface area contributed by atoms with Gasteiger partial charge in [-0.2, -0.15) is 5.10 Å². The highest BCUT2D eigenvalue weighted by molar-refractivity contribution is 6.36. The number of benzene rings is 2. The Morgan fingerprint density at radius 2 is 1.84 bits per heavy atom. The smallest absolute Gasteiger partial charge is 0.277 e. The van der Waals surface area contributed by atoms with Gasteiger partial charge in [0.1, 0.15) is 5.75 Å². The third-order valence-corrected chi connectivity index (χ3v) is 4.01. The fourth-order valence-corrected chi connectivity index (χ4v) is 2.47. The molecule has 0 aliphatic heterocycles. The Hall–Kier alpha value is -2.04. The molecule has 0 saturated carbocycles. The fraction of sp³-hybridized carbons (Fsp3) is 0.263. The number of nitrogens with zero attached hydrogens (tertiary/aromatic N) is 1. The van der Waals surface area contributed by atoms with Crippen LogP contribution in [0.4, 0.5) is 0 Å². The summed E-state index contributed by atoms with van der Waals surface area (Å²) >= 11 is 11.8. The second kappa shape index (κ2) is 8.37. The van der Waals surface area contributed by atoms with Gasteiger partial charge in [-0.3, -0.25) is 4.79 Å². The SMILES string of the molecule is CC(C)(C)c1ccc(OCC(=O)NN=Cc2ccc(Cl)cc2Cl)cc1. The van der Waals surface area contributed by atoms with Crippen LogP contribution in [0.2, 0.25) is 10.0 Å². The Labute approximate surface area is 157 Å². The van der Waals surface area contributed by atoms with E-state index in [1.165, 1.54) is 11.8 Å². The van der Waals surface area contributed by atoms with Crippen molar-refractivity contribution in [2.24, 2.45) is 5.10 Å². The summed E-state index contributed by atoms with van der Waals surface area (Å²) in [5.41, 5.74) is 4.33. The summed E-state index contributed by atoms with van der Waals surface area (Å²) in [5, 5.41) is 4.86. The van der Waals surface area contributed by atoms with Crippen molar-refractivity contribution in [1.82, 2.24) is 5.43 Å². The predicted octanol–water partition coefficient (Wildman–Crippen LogP) is 4.82. The topological polar surface area (TPSA) is 50.7 Å². The molecule has 1 amide bonds. The number of ether oxygens (including phenoxy) is 1. The van der Waals surface area contributed by atoms with Gasteiger partial charge in [-0.05, 0) is 35.2 Å². The van der Waals surface area contributed by atoms with E-state index in [1.807, 2.05) is 24.3 Å². The van der Waals surface area contributed by atoms with Crippen LogP contribution in [0, 0.1) is 0 Å². The second-order valence-electron chi connectivity index (χ2n) is 6.52. The van der Waals surface area contributed by atoms with Crippen LogP contribution in [0.1, 0.15) is 31.9 Å². The highest BCUT2D eigenvalue weighted by Gasteiger charge is 2.13. The van der Waals surface area contributed by atoms with Crippen LogP contribution in [-0.4, -0.2) is 18.7 Å². The number of hydrogen-bond acceptors (Lipinski definition) is 3. The molecule has 2 rings (SSSR count). The molecule has 0 atom stereocenters. The van der Waals surface area contributed by atoms with Crippen LogP contribution in [-0.2, 0) is 10.2 Å². The van der Waals surface area contributed by atoms with E-state index < -0.39 is 0 Å². The highest BCUT2D eigenvalue weighted by Crippen LogP contribution is 2.24. The Balaban J connectivity index is 1.83. The molecule has 0 spiro atoms. The van der Waals surface area contributed by atoms with Crippen molar-refractivity contribution in [2.45, 2.75) is 26.2 Å². The van der Waals surface area contributed by atoms with E-state index in [0.29, 0.717) is 21.4 Å². The first-order valence-corrected chi connectivity index (χ1v) is 8.51. The van der Waals surface area contributed by atoms with Gasteiger partial charge in [0.2, 0.25) is 0 Å². The zero-order valence-corrected chi connectivity index (χ0v) is 15.9. The Bertz CT molecular complexity index is 766. The van der Waals surface area contributed by atoms with Crippen molar-refractivity contribution in [3.8, 4) is 5.75 Å². The maximum Gasteiger partial charge on any atom is 0.277 e. The molecule has 0 aliphatic rings. The number of carbonyl (C=O) groups excluding carboxylic acids is 1. The molecule has 2 aromatic rings. The molecule has 2 aromatic carbocycles. The lowest BCUT2D eigenvalue weighted by Crippen LogP contribution is -2.24. The summed E-state index contributed by atoms with van der Waals surface area (Å²) in [6.07, 6.45) is 1.45. The number of halogens is 2. The first kappa shape index (κ1) is 19.3. The number of amides is 1. The van der Waals surface area contributed by atoms with E-state index in [2.05, 4.69) is 31.3 Å². The minimum absolute atomic E-state index is 0.0769. The Morgan fingerprint density at radius 3 is 2.44 bits per heavy atom. The quantitative estimate of drug-likeness (QED) is 0.598. The third kappa shape index (κ3) is 6.07. The number of nitrogens with one attached hydrogen (secondary N) is 1. The third-order valence-electron chi connectivity index (χ3n) is 3.45. The number of carbonyl (C=O) groups is 1. The van der Waals surface area contributed by atoms with Gasteiger partial charge in [-0.1, -0.05) is 62.2 Å². The minimum Gasteiger partial charge on any atom is -0.484 e. The van der Waals surface area contributed by atoms with Crippen molar-refractivity contribution in [2.75, 3.05) is 6.61 Å². The first-order chi connectivity index (χ1) is 11.8. The number of hydrazone groups is 1. The van der Waals surface area contributed by atoms with Gasteiger partial charge in [0, 0.05) is 10.6 Å². The average molecular weight is 379 g/mol. The predicted molar refractivity (Wildman–Crippen MR) is 103 cm³/mol. The largest absolute Gasteiger partial charge is 0.484 e. The molecule has 132 valence electrons. The lowest BCUT2D eigenvalue weighted by atomic mass is 9.87. The van der Waals surface area contributed by atoms with E-state index in [0.717, 1.165) is 0 Å². The summed E-state index contributed by atoms with van der Waals surface area (Å²) in [7, 11) is 0. The summed E-state index contributed by atoms with van der Waals surface area (Å²) in [5.74, 6) is 0.272. The molecule has 0 bridgehead atoms. The van der Waals surface area contributed by atoms with E-state index in [4.69, 9.17) is 27.9 Å². The summed E-state index contributed by atoms with van der Waals surface area (Å²) in [6.45, 7) is 6.30. The van der Waals surface area contributed by atoms with Crippen molar-refractivity contribution in [3.63, 3.8) is 0 Å². The lowest BCUT2D eigenvalue weighted by molar-refractivity contribution is -0.123. The molecular formula is C19H20Cl2N2O2. The van der Waals surface area contributed by atoms with Crippen LogP contribution in [0.5, 0.6) is 5.75 Å². The van der Waals surface area contributed by atoms with Gasteiger partial charge in [0.05, 0.1) is 11.2 Å². The van der Waals surface area contributed by atoms with E-state index >= 15 is 0 Å². The van der Waals surface area contributed by atoms with Crippen molar-refractivity contribution < 1.29 is 9.53 Å². The maximum absolute atomic E-state index is 11.8. The van der Waals surface area contributed by atoms with Gasteiger partial charge in [-0.15, -0.1) is 0 Å². The van der Waals surface area contributed by atoms with Crippen molar-refractivity contribution in [1.29, 1.82) is 0 Å². The monoisotopic (exact) mass is 378 g/mol. The molecule has 0 radical (unpaired) electrons. The molecule has 0 aliphatic carbocycles. The molecule has 0 saturated heterocycles. The van der Waals surface area contributed by atoms with E-state index in [1.54, 1.807) is 18.2 Å². The molecule has 0 heterocycles. The highest BCUT2D eigenvalue weighted by atomic mass is 35.5. The van der Waals surface area contributed by atoms with Gasteiger partial charge >= 0.3 is 0 Å². The summed E-state index contributed by atoms with van der Waals surface area (Å²) in [6, 6.07) is 12.7. The molecule has 25 heavy (non-hydrogen) atoms. The first-order valence-electron chi connectivity index (χ1n) is 7.76. The molecule has 0 unspecified atom stereocenters. The number of hydrogen-bond donors (Lipinski definition) is 1. The van der Waals surface area contributed by atoms with Crippen LogP contribution >= 0.6 is 23.2 Å². The minimum atomic E-state index is -0.360. The number of rotatable bonds is 5. The zero-order chi connectivity index (χ0) is 18.4. The molecule has 0 fully saturated rings. The normalized spacial score (nSPS) is 11.6. The Kier molecular flexibility index (Phi) is 6.45. The second-order valence-corrected chi connectivity index (χ2v) is 7.37. The van der Waals surface area contributed by atoms with Gasteiger partial charge in [0.25, 0.3) is 5.91 Å². The summed E-state index contributed by atoms with van der Waals surface area (Å²) in [4.78, 5) is 11.8. The average Bonchev–Trinajstić information content (AvgIpc) is 2.54. The van der Waals surface area contributed by atoms with Gasteiger partial charge in [0.15, 0.2) is 6.61 Å². The maximum atomic E-state index is 11.8. The van der Waals surface area contributed by atoms with E-state index in [-0.39, 0.29) is 17.9 Å². The summed E-state index contributed by atoms with van der Waals surface area (Å²) < 4.78 is 5.45. The van der Waals surface area contributed by atoms with Crippen LogP contribution < -0.4 is 10.2 Å². The van der Waals surface area contributed by atoms with Gasteiger partial charge in [-0.25, -0.2) is 5.43 Å². The standard InChI is InChI=1S/C19H20Cl2N2O2/c1-19(2,3)14-5-8-16(9-6-14)25-12-18(24)23-22-11-13-4-7-15(20)10-17(13)21/h4-11H,12H2,1-3H3,(H,23,24). The van der Waals surface area contributed by atoms with Crippen LogP contribution in [0.25, 0.3) is 0 Å². The zero-order valence-electron chi connectivity index (χ0n) is 14.3. The van der Waals surface area contributed by atoms with E-state index in [9.17, 15) is 4.79 Å². The molecule has 0 aromatic heterocycles. The van der Waals surface area contributed by atoms with Crippen LogP contribution in [0.15, 0.2) is 47.6 Å². The molecule has 6 heteroatoms. The Morgan fingerprint density at radius 1 is 1.16 bits per heavy atom. The van der Waals surface area contributed by atoms with Crippen LogP contribution in [0.3, 0.4) is 0 Å². The molecule has 1 N–H and O–H groups in total. The van der Waals surface area contributed by atoms with Crippen molar-refractivity contribution in [3.05, 3.63) is 63.6 Å². The molecule has 4 nitrogen and oxygen atoms in total. The van der Waals surface area contributed by atoms with Crippen molar-refractivity contribution >= 4 is 35.3 Å².